The standard InChI is InChI=1S/C18H13ClN2O4/c1-10(22)20-15-9-12-8-14(6-7-16(12)25-18(15)24)21-17(23)11-2-4-13(19)5-3-11/h2-9H,1H3,(H,20,22)(H,21,23). The van der Waals surface area contributed by atoms with Crippen LogP contribution in [0, 0.1) is 0 Å². The third kappa shape index (κ3) is 3.87. The summed E-state index contributed by atoms with van der Waals surface area (Å²) in [6.45, 7) is 1.30. The molecule has 0 saturated heterocycles. The van der Waals surface area contributed by atoms with Gasteiger partial charge in [-0.25, -0.2) is 4.79 Å². The van der Waals surface area contributed by atoms with E-state index < -0.39 is 5.63 Å². The molecule has 2 aromatic carbocycles. The fourth-order valence-corrected chi connectivity index (χ4v) is 2.41. The maximum atomic E-state index is 12.2. The first-order valence-electron chi connectivity index (χ1n) is 7.35. The van der Waals surface area contributed by atoms with Crippen LogP contribution in [0.2, 0.25) is 5.02 Å². The predicted octanol–water partition coefficient (Wildman–Crippen LogP) is 3.66. The van der Waals surface area contributed by atoms with Crippen molar-refractivity contribution < 1.29 is 14.0 Å². The Morgan fingerprint density at radius 1 is 1.00 bits per heavy atom. The molecular formula is C18H13ClN2O4. The summed E-state index contributed by atoms with van der Waals surface area (Å²) >= 11 is 5.81. The first kappa shape index (κ1) is 16.7. The minimum atomic E-state index is -0.638. The number of amides is 2. The summed E-state index contributed by atoms with van der Waals surface area (Å²) in [5.74, 6) is -0.672. The van der Waals surface area contributed by atoms with E-state index in [1.165, 1.54) is 13.0 Å². The van der Waals surface area contributed by atoms with Gasteiger partial charge in [-0.3, -0.25) is 9.59 Å². The molecule has 0 radical (unpaired) electrons. The molecular weight excluding hydrogens is 344 g/mol. The lowest BCUT2D eigenvalue weighted by Crippen LogP contribution is -2.14. The Bertz CT molecular complexity index is 1030. The third-order valence-electron chi connectivity index (χ3n) is 3.41. The summed E-state index contributed by atoms with van der Waals surface area (Å²) in [6.07, 6.45) is 0. The number of benzene rings is 2. The predicted molar refractivity (Wildman–Crippen MR) is 96.2 cm³/mol. The van der Waals surface area contributed by atoms with Gasteiger partial charge in [0.05, 0.1) is 0 Å². The second kappa shape index (κ2) is 6.78. The van der Waals surface area contributed by atoms with Crippen LogP contribution >= 0.6 is 11.6 Å². The van der Waals surface area contributed by atoms with Crippen molar-refractivity contribution in [2.75, 3.05) is 10.6 Å². The average molecular weight is 357 g/mol. The Morgan fingerprint density at radius 3 is 2.40 bits per heavy atom. The maximum absolute atomic E-state index is 12.2. The summed E-state index contributed by atoms with van der Waals surface area (Å²) in [5, 5.41) is 6.28. The molecule has 0 atom stereocenters. The summed E-state index contributed by atoms with van der Waals surface area (Å²) in [7, 11) is 0. The highest BCUT2D eigenvalue weighted by Crippen LogP contribution is 2.21. The first-order valence-corrected chi connectivity index (χ1v) is 7.72. The van der Waals surface area contributed by atoms with Gasteiger partial charge in [-0.15, -0.1) is 0 Å². The molecule has 2 N–H and O–H groups in total. The zero-order valence-electron chi connectivity index (χ0n) is 13.1. The van der Waals surface area contributed by atoms with Crippen LogP contribution in [0.25, 0.3) is 11.0 Å². The number of hydrogen-bond donors (Lipinski definition) is 2. The fraction of sp³-hybridized carbons (Fsp3) is 0.0556. The molecule has 1 heterocycles. The van der Waals surface area contributed by atoms with Crippen LogP contribution in [0.5, 0.6) is 0 Å². The summed E-state index contributed by atoms with van der Waals surface area (Å²) in [6, 6.07) is 12.8. The Morgan fingerprint density at radius 2 is 1.72 bits per heavy atom. The number of nitrogens with one attached hydrogen (secondary N) is 2. The summed E-state index contributed by atoms with van der Waals surface area (Å²) in [5.41, 5.74) is 0.739. The van der Waals surface area contributed by atoms with Gasteiger partial charge in [0.1, 0.15) is 11.3 Å². The van der Waals surface area contributed by atoms with E-state index in [4.69, 9.17) is 16.0 Å². The Labute approximate surface area is 147 Å². The molecule has 0 aliphatic carbocycles. The number of carbonyl (C=O) groups is 2. The molecule has 0 aliphatic heterocycles. The smallest absolute Gasteiger partial charge is 0.360 e. The van der Waals surface area contributed by atoms with Gasteiger partial charge in [-0.05, 0) is 48.5 Å². The van der Waals surface area contributed by atoms with Crippen molar-refractivity contribution in [3.05, 3.63) is 69.5 Å². The van der Waals surface area contributed by atoms with Gasteiger partial charge in [0.15, 0.2) is 0 Å². The van der Waals surface area contributed by atoms with Gasteiger partial charge in [0.25, 0.3) is 5.91 Å². The highest BCUT2D eigenvalue weighted by atomic mass is 35.5. The van der Waals surface area contributed by atoms with Crippen molar-refractivity contribution in [2.24, 2.45) is 0 Å². The van der Waals surface area contributed by atoms with Crippen LogP contribution in [0.3, 0.4) is 0 Å². The number of halogens is 1. The Balaban J connectivity index is 1.90. The highest BCUT2D eigenvalue weighted by Gasteiger charge is 2.09. The largest absolute Gasteiger partial charge is 0.421 e. The average Bonchev–Trinajstić information content (AvgIpc) is 2.56. The van der Waals surface area contributed by atoms with Gasteiger partial charge in [-0.2, -0.15) is 0 Å². The van der Waals surface area contributed by atoms with Crippen LogP contribution in [0.4, 0.5) is 11.4 Å². The zero-order chi connectivity index (χ0) is 18.0. The lowest BCUT2D eigenvalue weighted by Gasteiger charge is -2.07. The topological polar surface area (TPSA) is 88.4 Å². The molecule has 0 fully saturated rings. The molecule has 25 heavy (non-hydrogen) atoms. The lowest BCUT2D eigenvalue weighted by molar-refractivity contribution is -0.114. The molecule has 2 amide bonds. The van der Waals surface area contributed by atoms with Crippen molar-refractivity contribution >= 4 is 45.8 Å². The van der Waals surface area contributed by atoms with Crippen LogP contribution in [0.15, 0.2) is 57.7 Å². The van der Waals surface area contributed by atoms with E-state index in [2.05, 4.69) is 10.6 Å². The summed E-state index contributed by atoms with van der Waals surface area (Å²) < 4.78 is 5.15. The number of carbonyl (C=O) groups excluding carboxylic acids is 2. The molecule has 1 aromatic heterocycles. The van der Waals surface area contributed by atoms with E-state index in [0.29, 0.717) is 27.2 Å². The van der Waals surface area contributed by atoms with Crippen molar-refractivity contribution in [2.45, 2.75) is 6.92 Å². The molecule has 0 bridgehead atoms. The van der Waals surface area contributed by atoms with E-state index in [-0.39, 0.29) is 17.5 Å². The zero-order valence-corrected chi connectivity index (χ0v) is 13.9. The third-order valence-corrected chi connectivity index (χ3v) is 3.66. The number of fused-ring (bicyclic) bond motifs is 1. The molecule has 3 aromatic rings. The number of anilines is 2. The summed E-state index contributed by atoms with van der Waals surface area (Å²) in [4.78, 5) is 35.2. The highest BCUT2D eigenvalue weighted by molar-refractivity contribution is 6.30. The van der Waals surface area contributed by atoms with Crippen molar-refractivity contribution in [3.63, 3.8) is 0 Å². The molecule has 6 nitrogen and oxygen atoms in total. The van der Waals surface area contributed by atoms with Gasteiger partial charge in [0.2, 0.25) is 5.91 Å². The molecule has 3 rings (SSSR count). The first-order chi connectivity index (χ1) is 11.9. The van der Waals surface area contributed by atoms with Crippen LogP contribution in [0.1, 0.15) is 17.3 Å². The van der Waals surface area contributed by atoms with Crippen LogP contribution in [-0.4, -0.2) is 11.8 Å². The van der Waals surface area contributed by atoms with Crippen molar-refractivity contribution in [1.29, 1.82) is 0 Å². The minimum absolute atomic E-state index is 0.0428. The maximum Gasteiger partial charge on any atom is 0.360 e. The van der Waals surface area contributed by atoms with Gasteiger partial charge < -0.3 is 15.1 Å². The lowest BCUT2D eigenvalue weighted by atomic mass is 10.1. The molecule has 7 heteroatoms. The minimum Gasteiger partial charge on any atom is -0.421 e. The molecule has 0 spiro atoms. The van der Waals surface area contributed by atoms with Crippen LogP contribution in [-0.2, 0) is 4.79 Å². The number of hydrogen-bond acceptors (Lipinski definition) is 4. The second-order valence-electron chi connectivity index (χ2n) is 5.34. The molecule has 0 aliphatic rings. The SMILES string of the molecule is CC(=O)Nc1cc2cc(NC(=O)c3ccc(Cl)cc3)ccc2oc1=O. The second-order valence-corrected chi connectivity index (χ2v) is 5.78. The van der Waals surface area contributed by atoms with Crippen molar-refractivity contribution in [3.8, 4) is 0 Å². The normalized spacial score (nSPS) is 10.5. The van der Waals surface area contributed by atoms with Gasteiger partial charge in [0, 0.05) is 28.6 Å². The molecule has 126 valence electrons. The Hall–Kier alpha value is -3.12. The molecule has 0 saturated carbocycles. The fourth-order valence-electron chi connectivity index (χ4n) is 2.28. The monoisotopic (exact) mass is 356 g/mol. The van der Waals surface area contributed by atoms with Gasteiger partial charge >= 0.3 is 5.63 Å². The quantitative estimate of drug-likeness (QED) is 0.701. The van der Waals surface area contributed by atoms with E-state index >= 15 is 0 Å². The number of rotatable bonds is 3. The Kier molecular flexibility index (Phi) is 4.54. The van der Waals surface area contributed by atoms with E-state index in [0.717, 1.165) is 0 Å². The van der Waals surface area contributed by atoms with E-state index in [1.807, 2.05) is 0 Å². The van der Waals surface area contributed by atoms with E-state index in [1.54, 1.807) is 42.5 Å². The van der Waals surface area contributed by atoms with E-state index in [9.17, 15) is 14.4 Å². The van der Waals surface area contributed by atoms with Crippen LogP contribution < -0.4 is 16.3 Å². The molecule has 0 unspecified atom stereocenters. The van der Waals surface area contributed by atoms with Crippen molar-refractivity contribution in [1.82, 2.24) is 0 Å². The van der Waals surface area contributed by atoms with Gasteiger partial charge in [-0.1, -0.05) is 11.6 Å².